The second-order valence-corrected chi connectivity index (χ2v) is 5.69. The summed E-state index contributed by atoms with van der Waals surface area (Å²) >= 11 is 1.25. The number of halogens is 5. The van der Waals surface area contributed by atoms with Crippen LogP contribution >= 0.6 is 11.8 Å². The molecular weight excluding hydrogens is 371 g/mol. The maximum absolute atomic E-state index is 13.4. The summed E-state index contributed by atoms with van der Waals surface area (Å²) in [6.45, 7) is 0.162. The van der Waals surface area contributed by atoms with Crippen LogP contribution in [0.3, 0.4) is 0 Å². The summed E-state index contributed by atoms with van der Waals surface area (Å²) in [5.74, 6) is -3.22. The minimum atomic E-state index is -5.17. The van der Waals surface area contributed by atoms with Crippen molar-refractivity contribution in [2.45, 2.75) is 11.3 Å². The topological polar surface area (TPSA) is 84.7 Å². The second-order valence-electron chi connectivity index (χ2n) is 4.63. The SMILES string of the molecule is Cn1nnnc1SCCNC(=O)Nc1cc(F)c(C(F)(F)F)c(F)c1. The lowest BCUT2D eigenvalue weighted by Gasteiger charge is -2.12. The number of carbonyl (C=O) groups excluding carboxylic acids is 1. The van der Waals surface area contributed by atoms with Gasteiger partial charge in [-0.2, -0.15) is 13.2 Å². The monoisotopic (exact) mass is 382 g/mol. The summed E-state index contributed by atoms with van der Waals surface area (Å²) < 4.78 is 65.6. The third kappa shape index (κ3) is 5.01. The Hall–Kier alpha value is -2.44. The van der Waals surface area contributed by atoms with Crippen LogP contribution in [0.25, 0.3) is 0 Å². The quantitative estimate of drug-likeness (QED) is 0.471. The van der Waals surface area contributed by atoms with Crippen LogP contribution in [0.5, 0.6) is 0 Å². The van der Waals surface area contributed by atoms with E-state index in [9.17, 15) is 26.7 Å². The number of anilines is 1. The average Bonchev–Trinajstić information content (AvgIpc) is 2.86. The molecule has 7 nitrogen and oxygen atoms in total. The van der Waals surface area contributed by atoms with Crippen molar-refractivity contribution in [2.24, 2.45) is 7.05 Å². The van der Waals surface area contributed by atoms with E-state index in [1.165, 1.54) is 16.4 Å². The molecule has 0 aliphatic heterocycles. The molecular formula is C12H11F5N6OS. The van der Waals surface area contributed by atoms with Gasteiger partial charge in [-0.1, -0.05) is 11.8 Å². The number of benzene rings is 1. The molecule has 1 aromatic carbocycles. The lowest BCUT2D eigenvalue weighted by atomic mass is 10.1. The summed E-state index contributed by atoms with van der Waals surface area (Å²) in [5, 5.41) is 15.7. The molecule has 0 saturated heterocycles. The maximum atomic E-state index is 13.4. The maximum Gasteiger partial charge on any atom is 0.422 e. The first kappa shape index (κ1) is 18.9. The Balaban J connectivity index is 1.87. The van der Waals surface area contributed by atoms with Gasteiger partial charge in [-0.3, -0.25) is 0 Å². The zero-order valence-electron chi connectivity index (χ0n) is 12.6. The van der Waals surface area contributed by atoms with Gasteiger partial charge in [0, 0.05) is 25.0 Å². The third-order valence-electron chi connectivity index (χ3n) is 2.78. The third-order valence-corrected chi connectivity index (χ3v) is 3.80. The number of nitrogens with zero attached hydrogens (tertiary/aromatic N) is 4. The molecule has 2 amide bonds. The molecule has 2 N–H and O–H groups in total. The number of alkyl halides is 3. The number of hydrogen-bond acceptors (Lipinski definition) is 5. The predicted octanol–water partition coefficient (Wildman–Crippen LogP) is 2.42. The van der Waals surface area contributed by atoms with Gasteiger partial charge in [-0.05, 0) is 22.6 Å². The van der Waals surface area contributed by atoms with Crippen LogP contribution in [-0.2, 0) is 13.2 Å². The number of carbonyl (C=O) groups is 1. The van der Waals surface area contributed by atoms with Crippen LogP contribution in [-0.4, -0.2) is 38.5 Å². The molecule has 136 valence electrons. The molecule has 1 heterocycles. The highest BCUT2D eigenvalue weighted by molar-refractivity contribution is 7.99. The molecule has 2 aromatic rings. The fourth-order valence-electron chi connectivity index (χ4n) is 1.74. The summed E-state index contributed by atoms with van der Waals surface area (Å²) in [6.07, 6.45) is -5.17. The number of thioether (sulfide) groups is 1. The van der Waals surface area contributed by atoms with Crippen LogP contribution < -0.4 is 10.6 Å². The summed E-state index contributed by atoms with van der Waals surface area (Å²) in [7, 11) is 1.64. The molecule has 13 heteroatoms. The molecule has 0 spiro atoms. The van der Waals surface area contributed by atoms with Crippen LogP contribution in [0.4, 0.5) is 32.4 Å². The van der Waals surface area contributed by atoms with Crippen LogP contribution in [0.15, 0.2) is 17.3 Å². The van der Waals surface area contributed by atoms with Crippen LogP contribution in [0, 0.1) is 11.6 Å². The van der Waals surface area contributed by atoms with E-state index in [1.54, 1.807) is 7.05 Å². The number of hydrogen-bond donors (Lipinski definition) is 2. The molecule has 0 radical (unpaired) electrons. The fraction of sp³-hybridized carbons (Fsp3) is 0.333. The molecule has 2 rings (SSSR count). The molecule has 0 aliphatic carbocycles. The minimum absolute atomic E-state index is 0.162. The first-order valence-electron chi connectivity index (χ1n) is 6.64. The van der Waals surface area contributed by atoms with Crippen molar-refractivity contribution in [1.82, 2.24) is 25.5 Å². The number of tetrazole rings is 1. The Morgan fingerprint density at radius 1 is 1.28 bits per heavy atom. The number of urea groups is 1. The zero-order chi connectivity index (χ0) is 18.6. The van der Waals surface area contributed by atoms with Crippen molar-refractivity contribution < 1.29 is 26.7 Å². The molecule has 0 fully saturated rings. The van der Waals surface area contributed by atoms with Gasteiger partial charge < -0.3 is 10.6 Å². The highest BCUT2D eigenvalue weighted by Crippen LogP contribution is 2.34. The van der Waals surface area contributed by atoms with E-state index in [2.05, 4.69) is 26.2 Å². The summed E-state index contributed by atoms with van der Waals surface area (Å²) in [4.78, 5) is 11.6. The summed E-state index contributed by atoms with van der Waals surface area (Å²) in [6, 6.07) is -0.0352. The predicted molar refractivity (Wildman–Crippen MR) is 77.9 cm³/mol. The van der Waals surface area contributed by atoms with Crippen molar-refractivity contribution in [3.05, 3.63) is 29.3 Å². The van der Waals surface area contributed by atoms with E-state index >= 15 is 0 Å². The van der Waals surface area contributed by atoms with Gasteiger partial charge in [0.2, 0.25) is 5.16 Å². The number of rotatable bonds is 5. The number of aryl methyl sites for hydroxylation is 1. The van der Waals surface area contributed by atoms with Crippen LogP contribution in [0.1, 0.15) is 5.56 Å². The molecule has 0 aliphatic rings. The van der Waals surface area contributed by atoms with E-state index < -0.39 is 35.1 Å². The molecule has 0 saturated carbocycles. The van der Waals surface area contributed by atoms with E-state index in [-0.39, 0.29) is 6.54 Å². The van der Waals surface area contributed by atoms with Crippen molar-refractivity contribution in [2.75, 3.05) is 17.6 Å². The first-order valence-corrected chi connectivity index (χ1v) is 7.63. The minimum Gasteiger partial charge on any atom is -0.337 e. The van der Waals surface area contributed by atoms with Gasteiger partial charge in [0.15, 0.2) is 0 Å². The first-order chi connectivity index (χ1) is 11.7. The Morgan fingerprint density at radius 3 is 2.44 bits per heavy atom. The molecule has 0 atom stereocenters. The summed E-state index contributed by atoms with van der Waals surface area (Å²) in [5.41, 5.74) is -2.45. The number of aromatic nitrogens is 4. The lowest BCUT2D eigenvalue weighted by molar-refractivity contribution is -0.142. The largest absolute Gasteiger partial charge is 0.422 e. The Bertz CT molecular complexity index is 742. The van der Waals surface area contributed by atoms with E-state index in [1.807, 2.05) is 0 Å². The van der Waals surface area contributed by atoms with E-state index in [0.717, 1.165) is 0 Å². The van der Waals surface area contributed by atoms with Gasteiger partial charge in [0.1, 0.15) is 17.2 Å². The molecule has 25 heavy (non-hydrogen) atoms. The molecule has 0 bridgehead atoms. The highest BCUT2D eigenvalue weighted by Gasteiger charge is 2.38. The molecule has 1 aromatic heterocycles. The highest BCUT2D eigenvalue weighted by atomic mass is 32.2. The van der Waals surface area contributed by atoms with E-state index in [4.69, 9.17) is 0 Å². The lowest BCUT2D eigenvalue weighted by Crippen LogP contribution is -2.30. The normalized spacial score (nSPS) is 11.4. The average molecular weight is 382 g/mol. The van der Waals surface area contributed by atoms with Gasteiger partial charge in [-0.15, -0.1) is 5.10 Å². The standard InChI is InChI=1S/C12H11F5N6OS/c1-23-11(20-21-22-23)25-3-2-18-10(24)19-6-4-7(13)9(8(14)5-6)12(15,16)17/h4-5H,2-3H2,1H3,(H2,18,19,24). The van der Waals surface area contributed by atoms with Crippen molar-refractivity contribution >= 4 is 23.5 Å². The Labute approximate surface area is 142 Å². The van der Waals surface area contributed by atoms with Crippen LogP contribution in [0.2, 0.25) is 0 Å². The smallest absolute Gasteiger partial charge is 0.337 e. The number of amides is 2. The van der Waals surface area contributed by atoms with Crippen molar-refractivity contribution in [3.8, 4) is 0 Å². The Morgan fingerprint density at radius 2 is 1.92 bits per heavy atom. The zero-order valence-corrected chi connectivity index (χ0v) is 13.4. The number of nitrogens with one attached hydrogen (secondary N) is 2. The van der Waals surface area contributed by atoms with Gasteiger partial charge in [0.05, 0.1) is 0 Å². The van der Waals surface area contributed by atoms with E-state index in [0.29, 0.717) is 23.0 Å². The van der Waals surface area contributed by atoms with Gasteiger partial charge >= 0.3 is 12.2 Å². The van der Waals surface area contributed by atoms with Gasteiger partial charge in [0.25, 0.3) is 0 Å². The van der Waals surface area contributed by atoms with Gasteiger partial charge in [-0.25, -0.2) is 18.3 Å². The van der Waals surface area contributed by atoms with Crippen molar-refractivity contribution in [1.29, 1.82) is 0 Å². The van der Waals surface area contributed by atoms with Crippen molar-refractivity contribution in [3.63, 3.8) is 0 Å². The molecule has 0 unspecified atom stereocenters. The Kier molecular flexibility index (Phi) is 5.77. The second kappa shape index (κ2) is 7.63. The fourth-order valence-corrected chi connectivity index (χ4v) is 2.45.